The molecule has 2 N–H and O–H groups in total. The van der Waals surface area contributed by atoms with Crippen LogP contribution in [0.2, 0.25) is 0 Å². The molecule has 0 spiro atoms. The molecule has 0 aliphatic carbocycles. The molecule has 0 aromatic heterocycles. The second-order valence-electron chi connectivity index (χ2n) is 9.60. The fourth-order valence-corrected chi connectivity index (χ4v) is 5.38. The number of benzene rings is 2. The summed E-state index contributed by atoms with van der Waals surface area (Å²) in [5, 5.41) is 5.06. The number of alkyl halides is 3. The topological polar surface area (TPSA) is 79.9 Å². The number of hydrogen-bond donors (Lipinski definition) is 2. The van der Waals surface area contributed by atoms with Crippen LogP contribution in [-0.2, 0) is 14.3 Å². The van der Waals surface area contributed by atoms with Crippen molar-refractivity contribution in [1.29, 1.82) is 0 Å². The van der Waals surface area contributed by atoms with Crippen molar-refractivity contribution < 1.29 is 32.2 Å². The SMILES string of the molecule is Cc1ccc2c(c1)Oc1cccc(C)c1C2NC(=O)C1CC(N2CCOCC2)C(C(F)(F)F)NC1=O. The molecule has 2 amide bonds. The van der Waals surface area contributed by atoms with Crippen molar-refractivity contribution in [3.63, 3.8) is 0 Å². The van der Waals surface area contributed by atoms with E-state index in [1.54, 1.807) is 4.90 Å². The molecule has 36 heavy (non-hydrogen) atoms. The lowest BCUT2D eigenvalue weighted by molar-refractivity contribution is -0.187. The van der Waals surface area contributed by atoms with Crippen LogP contribution in [0.1, 0.15) is 34.7 Å². The Morgan fingerprint density at radius 1 is 1.11 bits per heavy atom. The van der Waals surface area contributed by atoms with E-state index in [1.807, 2.05) is 50.2 Å². The number of fused-ring (bicyclic) bond motifs is 2. The Labute approximate surface area is 206 Å². The summed E-state index contributed by atoms with van der Waals surface area (Å²) >= 11 is 0. The van der Waals surface area contributed by atoms with Crippen LogP contribution < -0.4 is 15.4 Å². The van der Waals surface area contributed by atoms with E-state index in [2.05, 4.69) is 10.6 Å². The Bertz CT molecular complexity index is 1180. The molecule has 3 aliphatic heterocycles. The van der Waals surface area contributed by atoms with E-state index in [-0.39, 0.29) is 6.42 Å². The number of amides is 2. The number of morpholine rings is 1. The van der Waals surface area contributed by atoms with E-state index >= 15 is 0 Å². The summed E-state index contributed by atoms with van der Waals surface area (Å²) < 4.78 is 52.9. The predicted molar refractivity (Wildman–Crippen MR) is 125 cm³/mol. The van der Waals surface area contributed by atoms with Gasteiger partial charge in [0.1, 0.15) is 23.5 Å². The van der Waals surface area contributed by atoms with Crippen molar-refractivity contribution >= 4 is 11.8 Å². The molecular weight excluding hydrogens is 475 g/mol. The Morgan fingerprint density at radius 2 is 1.86 bits per heavy atom. The van der Waals surface area contributed by atoms with Crippen LogP contribution in [0, 0.1) is 19.8 Å². The maximum absolute atomic E-state index is 13.8. The molecule has 4 unspecified atom stereocenters. The highest BCUT2D eigenvalue weighted by atomic mass is 19.4. The summed E-state index contributed by atoms with van der Waals surface area (Å²) in [5.74, 6) is -1.61. The van der Waals surface area contributed by atoms with Gasteiger partial charge >= 0.3 is 6.18 Å². The lowest BCUT2D eigenvalue weighted by Crippen LogP contribution is -2.66. The zero-order chi connectivity index (χ0) is 25.6. The molecule has 0 radical (unpaired) electrons. The molecule has 7 nitrogen and oxygen atoms in total. The monoisotopic (exact) mass is 503 g/mol. The number of aryl methyl sites for hydroxylation is 2. The Morgan fingerprint density at radius 3 is 2.58 bits per heavy atom. The van der Waals surface area contributed by atoms with Gasteiger partial charge in [-0.05, 0) is 43.5 Å². The maximum atomic E-state index is 13.8. The predicted octanol–water partition coefficient (Wildman–Crippen LogP) is 3.38. The van der Waals surface area contributed by atoms with Gasteiger partial charge in [-0.3, -0.25) is 14.5 Å². The third kappa shape index (κ3) is 4.55. The maximum Gasteiger partial charge on any atom is 0.410 e. The lowest BCUT2D eigenvalue weighted by Gasteiger charge is -2.44. The number of nitrogens with one attached hydrogen (secondary N) is 2. The summed E-state index contributed by atoms with van der Waals surface area (Å²) in [6.45, 7) is 5.05. The zero-order valence-electron chi connectivity index (χ0n) is 20.0. The Hall–Kier alpha value is -3.11. The number of nitrogens with zero attached hydrogens (tertiary/aromatic N) is 1. The van der Waals surface area contributed by atoms with Crippen LogP contribution in [0.25, 0.3) is 0 Å². The molecule has 3 aliphatic rings. The highest BCUT2D eigenvalue weighted by molar-refractivity contribution is 6.01. The molecule has 2 aromatic rings. The Balaban J connectivity index is 1.45. The third-order valence-corrected chi connectivity index (χ3v) is 7.22. The number of carbonyl (C=O) groups excluding carboxylic acids is 2. The first-order valence-corrected chi connectivity index (χ1v) is 12.0. The van der Waals surface area contributed by atoms with E-state index in [0.717, 1.165) is 22.3 Å². The normalized spacial score (nSPS) is 26.3. The van der Waals surface area contributed by atoms with Gasteiger partial charge in [0.25, 0.3) is 0 Å². The highest BCUT2D eigenvalue weighted by Crippen LogP contribution is 2.45. The standard InChI is InChI=1S/C26H28F3N3O4/c1-14-6-7-16-20(12-14)36-19-5-3-4-15(2)21(19)22(16)30-24(33)17-13-18(32-8-10-35-11-9-32)23(26(27,28)29)31-25(17)34/h3-7,12,17-18,22-23H,8-11,13H2,1-2H3,(H,30,33)(H,31,34). The Kier molecular flexibility index (Phi) is 6.42. The van der Waals surface area contributed by atoms with E-state index in [4.69, 9.17) is 9.47 Å². The molecule has 5 rings (SSSR count). The summed E-state index contributed by atoms with van der Waals surface area (Å²) in [7, 11) is 0. The average Bonchev–Trinajstić information content (AvgIpc) is 2.83. The summed E-state index contributed by atoms with van der Waals surface area (Å²) in [4.78, 5) is 28.0. The number of ether oxygens (including phenoxy) is 2. The quantitative estimate of drug-likeness (QED) is 0.628. The van der Waals surface area contributed by atoms with Crippen LogP contribution in [0.5, 0.6) is 11.5 Å². The van der Waals surface area contributed by atoms with E-state index in [1.165, 1.54) is 0 Å². The molecule has 192 valence electrons. The fourth-order valence-electron chi connectivity index (χ4n) is 5.38. The van der Waals surface area contributed by atoms with Crippen LogP contribution in [0.4, 0.5) is 13.2 Å². The van der Waals surface area contributed by atoms with Crippen molar-refractivity contribution in [2.45, 2.75) is 44.6 Å². The van der Waals surface area contributed by atoms with Crippen molar-refractivity contribution in [3.05, 3.63) is 58.7 Å². The first kappa shape index (κ1) is 24.6. The molecule has 0 bridgehead atoms. The minimum Gasteiger partial charge on any atom is -0.457 e. The van der Waals surface area contributed by atoms with Crippen LogP contribution in [0.3, 0.4) is 0 Å². The van der Waals surface area contributed by atoms with Gasteiger partial charge in [-0.2, -0.15) is 13.2 Å². The number of halogens is 3. The van der Waals surface area contributed by atoms with E-state index in [0.29, 0.717) is 37.8 Å². The first-order chi connectivity index (χ1) is 17.1. The lowest BCUT2D eigenvalue weighted by atomic mass is 9.85. The van der Waals surface area contributed by atoms with Crippen molar-refractivity contribution in [1.82, 2.24) is 15.5 Å². The summed E-state index contributed by atoms with van der Waals surface area (Å²) in [5.41, 5.74) is 3.36. The van der Waals surface area contributed by atoms with Gasteiger partial charge < -0.3 is 20.1 Å². The van der Waals surface area contributed by atoms with Gasteiger partial charge in [0.05, 0.1) is 19.3 Å². The second kappa shape index (κ2) is 9.40. The molecule has 10 heteroatoms. The van der Waals surface area contributed by atoms with Crippen molar-refractivity contribution in [2.24, 2.45) is 5.92 Å². The highest BCUT2D eigenvalue weighted by Gasteiger charge is 2.53. The fraction of sp³-hybridized carbons (Fsp3) is 0.462. The van der Waals surface area contributed by atoms with E-state index < -0.39 is 42.0 Å². The number of rotatable bonds is 3. The van der Waals surface area contributed by atoms with Gasteiger partial charge in [0.2, 0.25) is 11.8 Å². The minimum atomic E-state index is -4.63. The summed E-state index contributed by atoms with van der Waals surface area (Å²) in [6, 6.07) is 7.50. The van der Waals surface area contributed by atoms with Gasteiger partial charge in [-0.1, -0.05) is 24.3 Å². The third-order valence-electron chi connectivity index (χ3n) is 7.22. The molecule has 4 atom stereocenters. The van der Waals surface area contributed by atoms with Crippen molar-refractivity contribution in [3.8, 4) is 11.5 Å². The first-order valence-electron chi connectivity index (χ1n) is 12.0. The van der Waals surface area contributed by atoms with Crippen LogP contribution in [0.15, 0.2) is 36.4 Å². The molecule has 0 saturated carbocycles. The van der Waals surface area contributed by atoms with Crippen LogP contribution >= 0.6 is 0 Å². The van der Waals surface area contributed by atoms with E-state index in [9.17, 15) is 22.8 Å². The van der Waals surface area contributed by atoms with Gasteiger partial charge in [-0.15, -0.1) is 0 Å². The minimum absolute atomic E-state index is 0.230. The largest absolute Gasteiger partial charge is 0.457 e. The number of carbonyl (C=O) groups is 2. The molecular formula is C26H28F3N3O4. The molecule has 3 heterocycles. The van der Waals surface area contributed by atoms with Crippen molar-refractivity contribution in [2.75, 3.05) is 26.3 Å². The van der Waals surface area contributed by atoms with Gasteiger partial charge in [0.15, 0.2) is 0 Å². The summed E-state index contributed by atoms with van der Waals surface area (Å²) in [6.07, 6.45) is -4.86. The average molecular weight is 504 g/mol. The zero-order valence-corrected chi connectivity index (χ0v) is 20.0. The second-order valence-corrected chi connectivity index (χ2v) is 9.60. The number of hydrogen-bond acceptors (Lipinski definition) is 5. The molecule has 2 aromatic carbocycles. The van der Waals surface area contributed by atoms with Gasteiger partial charge in [-0.25, -0.2) is 0 Å². The smallest absolute Gasteiger partial charge is 0.410 e. The van der Waals surface area contributed by atoms with Crippen LogP contribution in [-0.4, -0.2) is 61.3 Å². The molecule has 2 fully saturated rings. The van der Waals surface area contributed by atoms with Gasteiger partial charge in [0, 0.05) is 30.3 Å². The molecule has 2 saturated heterocycles. The number of piperidine rings is 1.